The monoisotopic (exact) mass is 491 g/mol. The van der Waals surface area contributed by atoms with Gasteiger partial charge in [-0.1, -0.05) is 13.8 Å². The molecular formula is C23H24F3N5O4. The van der Waals surface area contributed by atoms with Crippen molar-refractivity contribution < 1.29 is 32.2 Å². The molecule has 0 bridgehead atoms. The van der Waals surface area contributed by atoms with Gasteiger partial charge in [-0.3, -0.25) is 20.4 Å². The SMILES string of the molecule is CCOc1ccc(C(=O)NNC(=O)c2cnn(-c3ccc(C(F)(F)F)cn3)c2C(C)C)cc1OC. The predicted octanol–water partition coefficient (Wildman–Crippen LogP) is 3.89. The van der Waals surface area contributed by atoms with E-state index in [4.69, 9.17) is 9.47 Å². The molecule has 0 spiro atoms. The molecule has 35 heavy (non-hydrogen) atoms. The molecule has 3 aromatic rings. The molecule has 0 atom stereocenters. The van der Waals surface area contributed by atoms with Crippen LogP contribution in [0.1, 0.15) is 58.7 Å². The van der Waals surface area contributed by atoms with Crippen LogP contribution in [0.5, 0.6) is 11.5 Å². The summed E-state index contributed by atoms with van der Waals surface area (Å²) < 4.78 is 50.5. The van der Waals surface area contributed by atoms with Crippen LogP contribution in [-0.2, 0) is 6.18 Å². The lowest BCUT2D eigenvalue weighted by atomic mass is 10.1. The van der Waals surface area contributed by atoms with Crippen LogP contribution in [0.25, 0.3) is 5.82 Å². The molecule has 0 aliphatic rings. The first-order valence-corrected chi connectivity index (χ1v) is 10.6. The molecule has 2 aromatic heterocycles. The Bertz CT molecular complexity index is 1210. The van der Waals surface area contributed by atoms with Gasteiger partial charge in [-0.15, -0.1) is 0 Å². The second-order valence-electron chi connectivity index (χ2n) is 7.62. The lowest BCUT2D eigenvalue weighted by Crippen LogP contribution is -2.42. The van der Waals surface area contributed by atoms with E-state index in [2.05, 4.69) is 20.9 Å². The van der Waals surface area contributed by atoms with Crippen LogP contribution < -0.4 is 20.3 Å². The van der Waals surface area contributed by atoms with Crippen molar-refractivity contribution in [3.05, 3.63) is 65.1 Å². The van der Waals surface area contributed by atoms with Crippen LogP contribution in [0.2, 0.25) is 0 Å². The van der Waals surface area contributed by atoms with Crippen molar-refractivity contribution in [3.8, 4) is 17.3 Å². The van der Waals surface area contributed by atoms with Gasteiger partial charge < -0.3 is 9.47 Å². The van der Waals surface area contributed by atoms with E-state index < -0.39 is 23.6 Å². The minimum Gasteiger partial charge on any atom is -0.493 e. The Morgan fingerprint density at radius 3 is 2.34 bits per heavy atom. The summed E-state index contributed by atoms with van der Waals surface area (Å²) >= 11 is 0. The smallest absolute Gasteiger partial charge is 0.417 e. The molecule has 3 rings (SSSR count). The summed E-state index contributed by atoms with van der Waals surface area (Å²) in [5.74, 6) is -0.542. The van der Waals surface area contributed by atoms with E-state index in [1.54, 1.807) is 19.9 Å². The van der Waals surface area contributed by atoms with Crippen molar-refractivity contribution in [3.63, 3.8) is 0 Å². The van der Waals surface area contributed by atoms with Crippen LogP contribution in [0.15, 0.2) is 42.7 Å². The van der Waals surface area contributed by atoms with E-state index in [0.717, 1.165) is 6.07 Å². The number of ether oxygens (including phenoxy) is 2. The normalized spacial score (nSPS) is 11.3. The van der Waals surface area contributed by atoms with E-state index in [0.29, 0.717) is 30.0 Å². The van der Waals surface area contributed by atoms with Crippen LogP contribution in [0.3, 0.4) is 0 Å². The van der Waals surface area contributed by atoms with Gasteiger partial charge in [0.05, 0.1) is 36.7 Å². The molecule has 0 aliphatic heterocycles. The number of pyridine rings is 1. The first-order chi connectivity index (χ1) is 16.6. The van der Waals surface area contributed by atoms with Crippen LogP contribution >= 0.6 is 0 Å². The lowest BCUT2D eigenvalue weighted by molar-refractivity contribution is -0.137. The molecule has 2 heterocycles. The van der Waals surface area contributed by atoms with Gasteiger partial charge in [0.1, 0.15) is 0 Å². The average Bonchev–Trinajstić information content (AvgIpc) is 3.28. The van der Waals surface area contributed by atoms with Crippen LogP contribution in [0, 0.1) is 0 Å². The van der Waals surface area contributed by atoms with Gasteiger partial charge in [-0.25, -0.2) is 9.67 Å². The number of alkyl halides is 3. The number of rotatable bonds is 7. The topological polar surface area (TPSA) is 107 Å². The van der Waals surface area contributed by atoms with E-state index in [9.17, 15) is 22.8 Å². The average molecular weight is 491 g/mol. The predicted molar refractivity (Wildman–Crippen MR) is 120 cm³/mol. The fraction of sp³-hybridized carbons (Fsp3) is 0.304. The minimum atomic E-state index is -4.52. The third kappa shape index (κ3) is 5.70. The lowest BCUT2D eigenvalue weighted by Gasteiger charge is -2.14. The number of methoxy groups -OCH3 is 1. The molecule has 2 N–H and O–H groups in total. The Kier molecular flexibility index (Phi) is 7.62. The Morgan fingerprint density at radius 1 is 1.06 bits per heavy atom. The molecule has 1 aromatic carbocycles. The number of nitrogens with one attached hydrogen (secondary N) is 2. The zero-order valence-corrected chi connectivity index (χ0v) is 19.4. The molecule has 0 saturated heterocycles. The number of nitrogens with zero attached hydrogens (tertiary/aromatic N) is 3. The Hall–Kier alpha value is -4.09. The highest BCUT2D eigenvalue weighted by Gasteiger charge is 2.31. The molecule has 186 valence electrons. The van der Waals surface area contributed by atoms with E-state index >= 15 is 0 Å². The number of hydrazine groups is 1. The van der Waals surface area contributed by atoms with Crippen molar-refractivity contribution in [2.24, 2.45) is 0 Å². The summed E-state index contributed by atoms with van der Waals surface area (Å²) in [6.07, 6.45) is -2.56. The second-order valence-corrected chi connectivity index (χ2v) is 7.62. The largest absolute Gasteiger partial charge is 0.493 e. The molecule has 0 aliphatic carbocycles. The number of benzene rings is 1. The maximum Gasteiger partial charge on any atom is 0.417 e. The third-order valence-corrected chi connectivity index (χ3v) is 4.91. The summed E-state index contributed by atoms with van der Waals surface area (Å²) in [5, 5.41) is 4.12. The molecule has 12 heteroatoms. The molecule has 0 saturated carbocycles. The number of hydrogen-bond acceptors (Lipinski definition) is 6. The summed E-state index contributed by atoms with van der Waals surface area (Å²) in [5.41, 5.74) is 4.52. The number of hydrogen-bond donors (Lipinski definition) is 2. The van der Waals surface area contributed by atoms with Gasteiger partial charge in [-0.05, 0) is 43.2 Å². The number of aromatic nitrogens is 3. The van der Waals surface area contributed by atoms with Gasteiger partial charge in [0, 0.05) is 11.8 Å². The van der Waals surface area contributed by atoms with Crippen molar-refractivity contribution >= 4 is 11.8 Å². The van der Waals surface area contributed by atoms with Crippen molar-refractivity contribution in [2.45, 2.75) is 32.9 Å². The molecule has 9 nitrogen and oxygen atoms in total. The van der Waals surface area contributed by atoms with Crippen LogP contribution in [0.4, 0.5) is 13.2 Å². The van der Waals surface area contributed by atoms with Gasteiger partial charge in [0.2, 0.25) is 0 Å². The summed E-state index contributed by atoms with van der Waals surface area (Å²) in [4.78, 5) is 29.2. The first kappa shape index (κ1) is 25.5. The Morgan fingerprint density at radius 2 is 1.77 bits per heavy atom. The van der Waals surface area contributed by atoms with Gasteiger partial charge in [0.25, 0.3) is 11.8 Å². The fourth-order valence-corrected chi connectivity index (χ4v) is 3.29. The molecule has 2 amide bonds. The van der Waals surface area contributed by atoms with Gasteiger partial charge in [0.15, 0.2) is 17.3 Å². The zero-order chi connectivity index (χ0) is 25.8. The minimum absolute atomic E-state index is 0.117. The van der Waals surface area contributed by atoms with Gasteiger partial charge in [-0.2, -0.15) is 18.3 Å². The van der Waals surface area contributed by atoms with Crippen molar-refractivity contribution in [2.75, 3.05) is 13.7 Å². The number of amides is 2. The number of carbonyl (C=O) groups is 2. The number of carbonyl (C=O) groups excluding carboxylic acids is 2. The van der Waals surface area contributed by atoms with Crippen molar-refractivity contribution in [1.29, 1.82) is 0 Å². The highest BCUT2D eigenvalue weighted by atomic mass is 19.4. The van der Waals surface area contributed by atoms with E-state index in [1.165, 1.54) is 36.2 Å². The maximum atomic E-state index is 12.8. The summed E-state index contributed by atoms with van der Waals surface area (Å²) in [6.45, 7) is 5.82. The van der Waals surface area contributed by atoms with Crippen molar-refractivity contribution in [1.82, 2.24) is 25.6 Å². The molecule has 0 unspecified atom stereocenters. The van der Waals surface area contributed by atoms with Crippen LogP contribution in [-0.4, -0.2) is 40.3 Å². The first-order valence-electron chi connectivity index (χ1n) is 10.6. The van der Waals surface area contributed by atoms with E-state index in [1.807, 2.05) is 6.92 Å². The third-order valence-electron chi connectivity index (χ3n) is 4.91. The zero-order valence-electron chi connectivity index (χ0n) is 19.4. The highest BCUT2D eigenvalue weighted by Crippen LogP contribution is 2.30. The summed E-state index contributed by atoms with van der Waals surface area (Å²) in [6, 6.07) is 6.63. The second kappa shape index (κ2) is 10.5. The maximum absolute atomic E-state index is 12.8. The molecular weight excluding hydrogens is 467 g/mol. The molecule has 0 fully saturated rings. The fourth-order valence-electron chi connectivity index (χ4n) is 3.29. The standard InChI is InChI=1S/C23H24F3N5O4/c1-5-35-17-8-6-14(10-18(17)34-4)21(32)29-30-22(33)16-12-28-31(20(16)13(2)3)19-9-7-15(11-27-19)23(24,25)26/h6-13H,5H2,1-4H3,(H,29,32)(H,30,33). The Balaban J connectivity index is 1.78. The highest BCUT2D eigenvalue weighted by molar-refractivity contribution is 6.00. The summed E-state index contributed by atoms with van der Waals surface area (Å²) in [7, 11) is 1.44. The number of halogens is 3. The van der Waals surface area contributed by atoms with E-state index in [-0.39, 0.29) is 22.9 Å². The van der Waals surface area contributed by atoms with Gasteiger partial charge >= 0.3 is 6.18 Å². The molecule has 0 radical (unpaired) electrons. The quantitative estimate of drug-likeness (QED) is 0.486. The Labute approximate surface area is 199 Å².